The highest BCUT2D eigenvalue weighted by Crippen LogP contribution is 2.19. The van der Waals surface area contributed by atoms with E-state index in [9.17, 15) is 0 Å². The van der Waals surface area contributed by atoms with E-state index >= 15 is 0 Å². The molecule has 0 radical (unpaired) electrons. The lowest BCUT2D eigenvalue weighted by atomic mass is 10.1. The molecule has 104 valence electrons. The van der Waals surface area contributed by atoms with Gasteiger partial charge in [-0.2, -0.15) is 5.10 Å². The summed E-state index contributed by atoms with van der Waals surface area (Å²) in [5, 5.41) is 5.32. The minimum Gasteiger partial charge on any atom is -0.373 e. The second-order valence-electron chi connectivity index (χ2n) is 5.02. The molecule has 0 aliphatic rings. The van der Waals surface area contributed by atoms with Gasteiger partial charge in [-0.25, -0.2) is 9.97 Å². The van der Waals surface area contributed by atoms with E-state index in [2.05, 4.69) is 28.9 Å². The van der Waals surface area contributed by atoms with Crippen LogP contribution in [0.1, 0.15) is 32.5 Å². The van der Waals surface area contributed by atoms with Crippen LogP contribution in [0, 0.1) is 5.92 Å². The molecule has 19 heavy (non-hydrogen) atoms. The Morgan fingerprint density at radius 1 is 1.37 bits per heavy atom. The summed E-state index contributed by atoms with van der Waals surface area (Å²) in [6, 6.07) is 0. The lowest BCUT2D eigenvalue weighted by Gasteiger charge is -2.06. The largest absolute Gasteiger partial charge is 0.373 e. The van der Waals surface area contributed by atoms with Gasteiger partial charge >= 0.3 is 0 Å². The van der Waals surface area contributed by atoms with E-state index in [1.165, 1.54) is 6.42 Å². The summed E-state index contributed by atoms with van der Waals surface area (Å²) in [6.07, 6.45) is 3.90. The Kier molecular flexibility index (Phi) is 4.71. The summed E-state index contributed by atoms with van der Waals surface area (Å²) < 4.78 is 7.26. The molecule has 5 nitrogen and oxygen atoms in total. The van der Waals surface area contributed by atoms with Crippen LogP contribution in [0.4, 0.5) is 0 Å². The molecule has 2 rings (SSSR count). The molecule has 0 amide bonds. The molecule has 6 heteroatoms. The fourth-order valence-corrected chi connectivity index (χ4v) is 2.08. The molecule has 0 atom stereocenters. The Morgan fingerprint density at radius 3 is 2.89 bits per heavy atom. The van der Waals surface area contributed by atoms with Crippen molar-refractivity contribution in [3.8, 4) is 0 Å². The van der Waals surface area contributed by atoms with E-state index in [0.29, 0.717) is 23.5 Å². The van der Waals surface area contributed by atoms with Crippen LogP contribution in [0.5, 0.6) is 0 Å². The van der Waals surface area contributed by atoms with Crippen molar-refractivity contribution in [1.29, 1.82) is 0 Å². The van der Waals surface area contributed by atoms with Gasteiger partial charge in [0, 0.05) is 13.7 Å². The number of halogens is 1. The van der Waals surface area contributed by atoms with Gasteiger partial charge in [-0.15, -0.1) is 0 Å². The zero-order valence-corrected chi connectivity index (χ0v) is 12.3. The Balaban J connectivity index is 1.95. The molecule has 0 aliphatic heterocycles. The molecular weight excluding hydrogens is 264 g/mol. The van der Waals surface area contributed by atoms with Crippen molar-refractivity contribution in [2.75, 3.05) is 6.61 Å². The average molecular weight is 283 g/mol. The summed E-state index contributed by atoms with van der Waals surface area (Å²) in [4.78, 5) is 8.63. The van der Waals surface area contributed by atoms with Gasteiger partial charge < -0.3 is 4.74 Å². The van der Waals surface area contributed by atoms with E-state index in [4.69, 9.17) is 16.3 Å². The molecule has 0 saturated heterocycles. The lowest BCUT2D eigenvalue weighted by Crippen LogP contribution is -2.03. The molecule has 0 fully saturated rings. The van der Waals surface area contributed by atoms with E-state index in [-0.39, 0.29) is 0 Å². The molecule has 0 spiro atoms. The smallest absolute Gasteiger partial charge is 0.162 e. The van der Waals surface area contributed by atoms with Gasteiger partial charge in [0.2, 0.25) is 0 Å². The zero-order valence-electron chi connectivity index (χ0n) is 11.6. The highest BCUT2D eigenvalue weighted by Gasteiger charge is 2.09. The monoisotopic (exact) mass is 282 g/mol. The summed E-state index contributed by atoms with van der Waals surface area (Å²) in [7, 11) is 1.83. The van der Waals surface area contributed by atoms with Gasteiger partial charge in [-0.3, -0.25) is 4.68 Å². The Labute approximate surface area is 117 Å². The zero-order chi connectivity index (χ0) is 13.8. The molecule has 2 aromatic rings. The van der Waals surface area contributed by atoms with Crippen molar-refractivity contribution < 1.29 is 4.74 Å². The Bertz CT molecular complexity index is 553. The molecule has 0 N–H and O–H groups in total. The summed E-state index contributed by atoms with van der Waals surface area (Å²) >= 11 is 6.10. The van der Waals surface area contributed by atoms with Crippen LogP contribution in [-0.2, 0) is 18.4 Å². The first-order chi connectivity index (χ1) is 9.08. The second kappa shape index (κ2) is 6.30. The maximum absolute atomic E-state index is 6.10. The van der Waals surface area contributed by atoms with Crippen molar-refractivity contribution in [3.63, 3.8) is 0 Å². The highest BCUT2D eigenvalue weighted by molar-refractivity contribution is 6.33. The molecule has 2 heterocycles. The molecular formula is C13H19ClN4O. The number of ether oxygens (including phenoxy) is 1. The quantitative estimate of drug-likeness (QED) is 0.604. The third kappa shape index (κ3) is 3.64. The maximum Gasteiger partial charge on any atom is 0.162 e. The van der Waals surface area contributed by atoms with Gasteiger partial charge in [0.15, 0.2) is 11.5 Å². The van der Waals surface area contributed by atoms with Gasteiger partial charge in [-0.05, 0) is 18.8 Å². The number of aryl methyl sites for hydroxylation is 1. The van der Waals surface area contributed by atoms with Crippen molar-refractivity contribution in [2.45, 2.75) is 33.3 Å². The minimum atomic E-state index is 0.388. The highest BCUT2D eigenvalue weighted by atomic mass is 35.5. The molecule has 0 aromatic carbocycles. The standard InChI is InChI=1S/C13H19ClN4O/c1-9(2)5-4-6-19-8-11-16-12(14)10-7-15-18(3)13(10)17-11/h7,9H,4-6,8H2,1-3H3. The summed E-state index contributed by atoms with van der Waals surface area (Å²) in [5.41, 5.74) is 0.737. The summed E-state index contributed by atoms with van der Waals surface area (Å²) in [5.74, 6) is 1.31. The minimum absolute atomic E-state index is 0.388. The SMILES string of the molecule is CC(C)CCCOCc1nc(Cl)c2cnn(C)c2n1. The number of hydrogen-bond donors (Lipinski definition) is 0. The molecule has 0 bridgehead atoms. The van der Waals surface area contributed by atoms with Crippen molar-refractivity contribution >= 4 is 22.6 Å². The van der Waals surface area contributed by atoms with Crippen LogP contribution < -0.4 is 0 Å². The lowest BCUT2D eigenvalue weighted by molar-refractivity contribution is 0.110. The van der Waals surface area contributed by atoms with Crippen LogP contribution in [0.25, 0.3) is 11.0 Å². The first-order valence-electron chi connectivity index (χ1n) is 6.49. The van der Waals surface area contributed by atoms with Crippen LogP contribution in [0.2, 0.25) is 5.15 Å². The topological polar surface area (TPSA) is 52.8 Å². The van der Waals surface area contributed by atoms with Crippen LogP contribution >= 0.6 is 11.6 Å². The third-order valence-electron chi connectivity index (χ3n) is 2.89. The molecule has 0 aliphatic carbocycles. The number of rotatable bonds is 6. The van der Waals surface area contributed by atoms with Crippen LogP contribution in [0.15, 0.2) is 6.20 Å². The summed E-state index contributed by atoms with van der Waals surface area (Å²) in [6.45, 7) is 5.53. The first kappa shape index (κ1) is 14.2. The second-order valence-corrected chi connectivity index (χ2v) is 5.38. The van der Waals surface area contributed by atoms with E-state index in [1.54, 1.807) is 10.9 Å². The van der Waals surface area contributed by atoms with Crippen LogP contribution in [0.3, 0.4) is 0 Å². The Morgan fingerprint density at radius 2 is 2.16 bits per heavy atom. The predicted octanol–water partition coefficient (Wildman–Crippen LogP) is 2.97. The van der Waals surface area contributed by atoms with E-state index in [1.807, 2.05) is 7.05 Å². The van der Waals surface area contributed by atoms with Gasteiger partial charge in [0.1, 0.15) is 11.8 Å². The maximum atomic E-state index is 6.10. The third-order valence-corrected chi connectivity index (χ3v) is 3.18. The number of hydrogen-bond acceptors (Lipinski definition) is 4. The molecule has 0 unspecified atom stereocenters. The van der Waals surface area contributed by atoms with Crippen molar-refractivity contribution in [3.05, 3.63) is 17.2 Å². The van der Waals surface area contributed by atoms with E-state index < -0.39 is 0 Å². The van der Waals surface area contributed by atoms with Crippen molar-refractivity contribution in [1.82, 2.24) is 19.7 Å². The molecule has 0 saturated carbocycles. The fraction of sp³-hybridized carbons (Fsp3) is 0.615. The van der Waals surface area contributed by atoms with E-state index in [0.717, 1.165) is 24.1 Å². The molecule has 2 aromatic heterocycles. The predicted molar refractivity (Wildman–Crippen MR) is 75.0 cm³/mol. The Hall–Kier alpha value is -1.20. The van der Waals surface area contributed by atoms with Crippen LogP contribution in [-0.4, -0.2) is 26.4 Å². The number of nitrogens with zero attached hydrogens (tertiary/aromatic N) is 4. The van der Waals surface area contributed by atoms with Crippen molar-refractivity contribution in [2.24, 2.45) is 13.0 Å². The fourth-order valence-electron chi connectivity index (χ4n) is 1.85. The van der Waals surface area contributed by atoms with Gasteiger partial charge in [0.25, 0.3) is 0 Å². The van der Waals surface area contributed by atoms with Gasteiger partial charge in [0.05, 0.1) is 11.6 Å². The van der Waals surface area contributed by atoms with Gasteiger partial charge in [-0.1, -0.05) is 25.4 Å². The number of aromatic nitrogens is 4. The normalized spacial score (nSPS) is 11.6. The average Bonchev–Trinajstić information content (AvgIpc) is 2.71. The first-order valence-corrected chi connectivity index (χ1v) is 6.87. The number of fused-ring (bicyclic) bond motifs is 1.